The molecule has 0 bridgehead atoms. The lowest BCUT2D eigenvalue weighted by atomic mass is 10.0. The fraction of sp³-hybridized carbons (Fsp3) is 0.444. The Morgan fingerprint density at radius 3 is 2.67 bits per heavy atom. The Bertz CT molecular complexity index is 767. The minimum Gasteiger partial charge on any atom is -0.493 e. The summed E-state index contributed by atoms with van der Waals surface area (Å²) < 4.78 is 7.68. The molecule has 3 rings (SSSR count). The number of nitrogens with zero attached hydrogens (tertiary/aromatic N) is 1. The van der Waals surface area contributed by atoms with E-state index in [1.165, 1.54) is 11.8 Å². The number of benzene rings is 1. The van der Waals surface area contributed by atoms with Crippen molar-refractivity contribution in [3.63, 3.8) is 0 Å². The van der Waals surface area contributed by atoms with Crippen molar-refractivity contribution in [2.24, 2.45) is 5.73 Å². The highest BCUT2D eigenvalue weighted by Crippen LogP contribution is 2.45. The standard InChI is InChI=1S/C16H18N2O3S.C2H6/c1-3-18-9-6-5-7-11(21-4-2)12(9)13-14(18)10(19)8-22-15(13)16(17)20;1-2/h5-7,15H,3-4,8H2,1-2H3,(H2,17,20);1-2H3. The quantitative estimate of drug-likeness (QED) is 0.917. The van der Waals surface area contributed by atoms with E-state index in [-0.39, 0.29) is 11.5 Å². The summed E-state index contributed by atoms with van der Waals surface area (Å²) in [5, 5.41) is 0.329. The van der Waals surface area contributed by atoms with Crippen molar-refractivity contribution in [3.05, 3.63) is 29.5 Å². The number of ether oxygens (including phenoxy) is 1. The normalized spacial score (nSPS) is 16.3. The van der Waals surface area contributed by atoms with Crippen molar-refractivity contribution in [2.45, 2.75) is 39.5 Å². The molecular weight excluding hydrogens is 324 g/mol. The molecule has 0 radical (unpaired) electrons. The number of ketones is 1. The van der Waals surface area contributed by atoms with E-state index in [0.717, 1.165) is 16.5 Å². The van der Waals surface area contributed by atoms with Crippen molar-refractivity contribution < 1.29 is 14.3 Å². The van der Waals surface area contributed by atoms with Crippen LogP contribution in [0.4, 0.5) is 0 Å². The fourth-order valence-electron chi connectivity index (χ4n) is 3.09. The largest absolute Gasteiger partial charge is 0.493 e. The maximum absolute atomic E-state index is 12.4. The number of aromatic nitrogens is 1. The van der Waals surface area contributed by atoms with Crippen LogP contribution < -0.4 is 10.5 Å². The third-order valence-electron chi connectivity index (χ3n) is 3.87. The molecule has 1 unspecified atom stereocenters. The summed E-state index contributed by atoms with van der Waals surface area (Å²) in [6, 6.07) is 5.73. The third kappa shape index (κ3) is 2.90. The number of hydrogen-bond donors (Lipinski definition) is 1. The fourth-order valence-corrected chi connectivity index (χ4v) is 4.11. The van der Waals surface area contributed by atoms with Gasteiger partial charge >= 0.3 is 0 Å². The van der Waals surface area contributed by atoms with Gasteiger partial charge in [0.15, 0.2) is 5.78 Å². The number of fused-ring (bicyclic) bond motifs is 3. The number of thioether (sulfide) groups is 1. The maximum atomic E-state index is 12.4. The third-order valence-corrected chi connectivity index (χ3v) is 5.10. The molecule has 1 atom stereocenters. The highest BCUT2D eigenvalue weighted by atomic mass is 32.2. The minimum absolute atomic E-state index is 0.0398. The molecule has 2 aromatic rings. The second-order valence-corrected chi connectivity index (χ2v) is 6.20. The van der Waals surface area contributed by atoms with Crippen LogP contribution in [-0.2, 0) is 11.3 Å². The molecule has 0 saturated heterocycles. The van der Waals surface area contributed by atoms with E-state index in [1.807, 2.05) is 50.5 Å². The van der Waals surface area contributed by atoms with E-state index < -0.39 is 11.2 Å². The van der Waals surface area contributed by atoms with Gasteiger partial charge in [-0.2, -0.15) is 0 Å². The van der Waals surface area contributed by atoms with Gasteiger partial charge in [0.05, 0.1) is 23.6 Å². The number of primary amides is 1. The van der Waals surface area contributed by atoms with E-state index in [2.05, 4.69) is 0 Å². The summed E-state index contributed by atoms with van der Waals surface area (Å²) in [4.78, 5) is 24.3. The number of rotatable bonds is 4. The van der Waals surface area contributed by atoms with Gasteiger partial charge in [0.1, 0.15) is 11.0 Å². The van der Waals surface area contributed by atoms with Gasteiger partial charge in [-0.1, -0.05) is 19.9 Å². The second kappa shape index (κ2) is 7.75. The topological polar surface area (TPSA) is 74.3 Å². The summed E-state index contributed by atoms with van der Waals surface area (Å²) in [6.45, 7) is 9.08. The average Bonchev–Trinajstić information content (AvgIpc) is 2.93. The van der Waals surface area contributed by atoms with Gasteiger partial charge in [-0.15, -0.1) is 11.8 Å². The summed E-state index contributed by atoms with van der Waals surface area (Å²) in [5.74, 6) is 0.601. The van der Waals surface area contributed by atoms with Crippen LogP contribution in [0.1, 0.15) is 49.0 Å². The molecule has 0 fully saturated rings. The Balaban J connectivity index is 0.00000100. The maximum Gasteiger partial charge on any atom is 0.235 e. The van der Waals surface area contributed by atoms with Crippen LogP contribution in [0, 0.1) is 0 Å². The number of Topliss-reactive ketones (excluding diaryl/α,β-unsaturated/α-hetero) is 1. The summed E-state index contributed by atoms with van der Waals surface area (Å²) in [6.07, 6.45) is 0. The molecule has 5 nitrogen and oxygen atoms in total. The number of aryl methyl sites for hydroxylation is 1. The van der Waals surface area contributed by atoms with E-state index in [9.17, 15) is 9.59 Å². The Hall–Kier alpha value is -1.95. The van der Waals surface area contributed by atoms with E-state index >= 15 is 0 Å². The second-order valence-electron chi connectivity index (χ2n) is 5.11. The summed E-state index contributed by atoms with van der Waals surface area (Å²) >= 11 is 1.29. The predicted octanol–water partition coefficient (Wildman–Crippen LogP) is 3.54. The molecule has 0 saturated carbocycles. The van der Waals surface area contributed by atoms with Crippen LogP contribution >= 0.6 is 11.8 Å². The van der Waals surface area contributed by atoms with Crippen LogP contribution in [0.5, 0.6) is 5.75 Å². The van der Waals surface area contributed by atoms with Gasteiger partial charge in [-0.05, 0) is 26.0 Å². The van der Waals surface area contributed by atoms with Gasteiger partial charge in [0, 0.05) is 17.5 Å². The van der Waals surface area contributed by atoms with E-state index in [4.69, 9.17) is 10.5 Å². The molecule has 1 amide bonds. The summed E-state index contributed by atoms with van der Waals surface area (Å²) in [5.41, 5.74) is 7.81. The molecule has 1 aliphatic rings. The SMILES string of the molecule is CC.CCOc1cccc2c1c1c(n2CC)C(=O)CSC1C(N)=O. The smallest absolute Gasteiger partial charge is 0.235 e. The lowest BCUT2D eigenvalue weighted by Gasteiger charge is -2.20. The average molecular weight is 348 g/mol. The Morgan fingerprint density at radius 1 is 1.38 bits per heavy atom. The van der Waals surface area contributed by atoms with Gasteiger partial charge in [-0.25, -0.2) is 0 Å². The molecular formula is C18H24N2O3S. The lowest BCUT2D eigenvalue weighted by Crippen LogP contribution is -2.27. The first-order valence-electron chi connectivity index (χ1n) is 8.32. The Kier molecular flexibility index (Phi) is 5.94. The molecule has 0 aliphatic carbocycles. The van der Waals surface area contributed by atoms with Gasteiger partial charge in [0.2, 0.25) is 5.91 Å². The molecule has 0 spiro atoms. The van der Waals surface area contributed by atoms with Crippen molar-refractivity contribution in [3.8, 4) is 5.75 Å². The highest BCUT2D eigenvalue weighted by molar-refractivity contribution is 8.01. The van der Waals surface area contributed by atoms with Crippen molar-refractivity contribution in [2.75, 3.05) is 12.4 Å². The number of hydrogen-bond acceptors (Lipinski definition) is 4. The van der Waals surface area contributed by atoms with Crippen LogP contribution in [0.2, 0.25) is 0 Å². The lowest BCUT2D eigenvalue weighted by molar-refractivity contribution is -0.117. The zero-order valence-corrected chi connectivity index (χ0v) is 15.4. The highest BCUT2D eigenvalue weighted by Gasteiger charge is 2.36. The molecule has 2 heterocycles. The zero-order valence-electron chi connectivity index (χ0n) is 14.6. The molecule has 1 aromatic carbocycles. The van der Waals surface area contributed by atoms with Gasteiger partial charge in [-0.3, -0.25) is 9.59 Å². The first kappa shape index (κ1) is 18.4. The van der Waals surface area contributed by atoms with Crippen molar-refractivity contribution in [1.29, 1.82) is 0 Å². The van der Waals surface area contributed by atoms with Crippen LogP contribution in [0.15, 0.2) is 18.2 Å². The summed E-state index contributed by atoms with van der Waals surface area (Å²) in [7, 11) is 0. The van der Waals surface area contributed by atoms with Crippen LogP contribution in [-0.4, -0.2) is 28.6 Å². The van der Waals surface area contributed by atoms with Gasteiger partial charge < -0.3 is 15.0 Å². The Morgan fingerprint density at radius 2 is 2.08 bits per heavy atom. The number of carbonyl (C=O) groups excluding carboxylic acids is 2. The Labute approximate surface area is 146 Å². The van der Waals surface area contributed by atoms with Crippen LogP contribution in [0.25, 0.3) is 10.9 Å². The first-order valence-corrected chi connectivity index (χ1v) is 9.37. The molecule has 24 heavy (non-hydrogen) atoms. The van der Waals surface area contributed by atoms with E-state index in [0.29, 0.717) is 24.6 Å². The molecule has 130 valence electrons. The first-order chi connectivity index (χ1) is 11.6. The van der Waals surface area contributed by atoms with Crippen molar-refractivity contribution in [1.82, 2.24) is 4.57 Å². The number of amides is 1. The monoisotopic (exact) mass is 348 g/mol. The van der Waals surface area contributed by atoms with E-state index in [1.54, 1.807) is 0 Å². The molecule has 6 heteroatoms. The minimum atomic E-state index is -0.510. The zero-order chi connectivity index (χ0) is 17.9. The molecule has 1 aromatic heterocycles. The van der Waals surface area contributed by atoms with Crippen LogP contribution in [0.3, 0.4) is 0 Å². The number of nitrogens with two attached hydrogens (primary N) is 1. The van der Waals surface area contributed by atoms with Crippen molar-refractivity contribution >= 4 is 34.4 Å². The van der Waals surface area contributed by atoms with Gasteiger partial charge in [0.25, 0.3) is 0 Å². The number of carbonyl (C=O) groups is 2. The molecule has 1 aliphatic heterocycles. The predicted molar refractivity (Wildman–Crippen MR) is 98.9 cm³/mol. The molecule has 2 N–H and O–H groups in total.